The van der Waals surface area contributed by atoms with E-state index in [1.54, 1.807) is 25.3 Å². The smallest absolute Gasteiger partial charge is 0.241 e. The van der Waals surface area contributed by atoms with Crippen molar-refractivity contribution in [2.24, 2.45) is 0 Å². The molecule has 0 unspecified atom stereocenters. The average Bonchev–Trinajstić information content (AvgIpc) is 2.53. The van der Waals surface area contributed by atoms with Crippen LogP contribution in [0.2, 0.25) is 0 Å². The van der Waals surface area contributed by atoms with Crippen molar-refractivity contribution < 1.29 is 13.2 Å². The van der Waals surface area contributed by atoms with Gasteiger partial charge in [0.15, 0.2) is 0 Å². The Balaban J connectivity index is 2.27. The minimum Gasteiger partial charge on any atom is -0.496 e. The number of sulfonamides is 1. The van der Waals surface area contributed by atoms with Crippen molar-refractivity contribution in [3.8, 4) is 5.75 Å². The largest absolute Gasteiger partial charge is 0.496 e. The molecular formula is C20H27NO3S. The van der Waals surface area contributed by atoms with Crippen LogP contribution in [0.1, 0.15) is 44.7 Å². The van der Waals surface area contributed by atoms with Crippen LogP contribution >= 0.6 is 0 Å². The van der Waals surface area contributed by atoms with E-state index < -0.39 is 15.6 Å². The molecule has 0 aliphatic heterocycles. The van der Waals surface area contributed by atoms with Gasteiger partial charge < -0.3 is 4.74 Å². The molecule has 0 fully saturated rings. The molecule has 0 atom stereocenters. The quantitative estimate of drug-likeness (QED) is 0.807. The first kappa shape index (κ1) is 19.5. The molecule has 4 nitrogen and oxygen atoms in total. The third-order valence-electron chi connectivity index (χ3n) is 4.03. The zero-order valence-corrected chi connectivity index (χ0v) is 16.4. The zero-order chi connectivity index (χ0) is 18.7. The van der Waals surface area contributed by atoms with Gasteiger partial charge in [0.25, 0.3) is 0 Å². The number of ether oxygens (including phenoxy) is 1. The lowest BCUT2D eigenvalue weighted by molar-refractivity contribution is 0.407. The second-order valence-electron chi connectivity index (χ2n) is 7.21. The van der Waals surface area contributed by atoms with Crippen molar-refractivity contribution in [2.45, 2.75) is 50.5 Å². The summed E-state index contributed by atoms with van der Waals surface area (Å²) in [6.45, 7) is 7.82. The Morgan fingerprint density at radius 1 is 1.08 bits per heavy atom. The average molecular weight is 362 g/mol. The SMILES string of the molecule is COc1ccc(S(=O)(=O)NC(C)(C)Cc2ccccc2)cc1C(C)C. The molecule has 5 heteroatoms. The molecule has 25 heavy (non-hydrogen) atoms. The number of hydrogen-bond acceptors (Lipinski definition) is 3. The van der Waals surface area contributed by atoms with Gasteiger partial charge >= 0.3 is 0 Å². The van der Waals surface area contributed by atoms with Gasteiger partial charge in [0.1, 0.15) is 5.75 Å². The van der Waals surface area contributed by atoms with Gasteiger partial charge in [0.05, 0.1) is 12.0 Å². The molecule has 0 bridgehead atoms. The van der Waals surface area contributed by atoms with Gasteiger partial charge in [0, 0.05) is 5.54 Å². The van der Waals surface area contributed by atoms with Gasteiger partial charge in [-0.3, -0.25) is 0 Å². The second-order valence-corrected chi connectivity index (χ2v) is 8.89. The summed E-state index contributed by atoms with van der Waals surface area (Å²) in [5.41, 5.74) is 1.37. The summed E-state index contributed by atoms with van der Waals surface area (Å²) in [5, 5.41) is 0. The van der Waals surface area contributed by atoms with Crippen LogP contribution < -0.4 is 9.46 Å². The highest BCUT2D eigenvalue weighted by Gasteiger charge is 2.27. The molecule has 0 radical (unpaired) electrons. The fraction of sp³-hybridized carbons (Fsp3) is 0.400. The van der Waals surface area contributed by atoms with E-state index in [2.05, 4.69) is 4.72 Å². The Hall–Kier alpha value is -1.85. The summed E-state index contributed by atoms with van der Waals surface area (Å²) in [4.78, 5) is 0.262. The molecule has 2 rings (SSSR count). The molecule has 136 valence electrons. The molecule has 0 amide bonds. The van der Waals surface area contributed by atoms with E-state index in [1.807, 2.05) is 58.0 Å². The summed E-state index contributed by atoms with van der Waals surface area (Å²) in [7, 11) is -2.03. The zero-order valence-electron chi connectivity index (χ0n) is 15.5. The van der Waals surface area contributed by atoms with E-state index in [9.17, 15) is 8.42 Å². The maximum Gasteiger partial charge on any atom is 0.241 e. The molecule has 2 aromatic carbocycles. The molecule has 0 aliphatic rings. The predicted octanol–water partition coefficient (Wildman–Crippen LogP) is 4.12. The normalized spacial score (nSPS) is 12.4. The summed E-state index contributed by atoms with van der Waals surface area (Å²) >= 11 is 0. The van der Waals surface area contributed by atoms with Crippen molar-refractivity contribution in [3.05, 3.63) is 59.7 Å². The monoisotopic (exact) mass is 361 g/mol. The van der Waals surface area contributed by atoms with Gasteiger partial charge in [-0.15, -0.1) is 0 Å². The first-order valence-corrected chi connectivity index (χ1v) is 9.89. The Morgan fingerprint density at radius 2 is 1.72 bits per heavy atom. The summed E-state index contributed by atoms with van der Waals surface area (Å²) in [6, 6.07) is 14.9. The first-order valence-electron chi connectivity index (χ1n) is 8.40. The Bertz CT molecular complexity index is 812. The van der Waals surface area contributed by atoms with Crippen LogP contribution in [-0.4, -0.2) is 21.1 Å². The van der Waals surface area contributed by atoms with Crippen LogP contribution in [0.25, 0.3) is 0 Å². The van der Waals surface area contributed by atoms with Crippen LogP contribution in [0.4, 0.5) is 0 Å². The fourth-order valence-corrected chi connectivity index (χ4v) is 4.34. The Morgan fingerprint density at radius 3 is 2.28 bits per heavy atom. The summed E-state index contributed by atoms with van der Waals surface area (Å²) in [5.74, 6) is 0.875. The third kappa shape index (κ3) is 5.06. The van der Waals surface area contributed by atoms with Crippen LogP contribution in [0, 0.1) is 0 Å². The molecular weight excluding hydrogens is 334 g/mol. The molecule has 0 heterocycles. The van der Waals surface area contributed by atoms with Gasteiger partial charge in [-0.25, -0.2) is 13.1 Å². The minimum absolute atomic E-state index is 0.169. The second kappa shape index (κ2) is 7.58. The van der Waals surface area contributed by atoms with Crippen LogP contribution in [-0.2, 0) is 16.4 Å². The predicted molar refractivity (Wildman–Crippen MR) is 102 cm³/mol. The van der Waals surface area contributed by atoms with Gasteiger partial charge in [-0.05, 0) is 55.5 Å². The van der Waals surface area contributed by atoms with Crippen molar-refractivity contribution in [2.75, 3.05) is 7.11 Å². The molecule has 0 saturated carbocycles. The summed E-state index contributed by atoms with van der Waals surface area (Å²) in [6.07, 6.45) is 0.611. The number of nitrogens with one attached hydrogen (secondary N) is 1. The van der Waals surface area contributed by atoms with Gasteiger partial charge in [-0.1, -0.05) is 44.2 Å². The first-order chi connectivity index (χ1) is 11.6. The van der Waals surface area contributed by atoms with E-state index in [4.69, 9.17) is 4.74 Å². The molecule has 2 aromatic rings. The lowest BCUT2D eigenvalue weighted by Crippen LogP contribution is -2.45. The standard InChI is InChI=1S/C20H27NO3S/c1-15(2)18-13-17(11-12-19(18)24-5)25(22,23)21-20(3,4)14-16-9-7-6-8-10-16/h6-13,15,21H,14H2,1-5H3. The van der Waals surface area contributed by atoms with Crippen molar-refractivity contribution in [3.63, 3.8) is 0 Å². The topological polar surface area (TPSA) is 55.4 Å². The Kier molecular flexibility index (Phi) is 5.91. The molecule has 0 spiro atoms. The third-order valence-corrected chi connectivity index (χ3v) is 5.73. The van der Waals surface area contributed by atoms with Crippen LogP contribution in [0.3, 0.4) is 0 Å². The maximum absolute atomic E-state index is 12.9. The van der Waals surface area contributed by atoms with E-state index in [1.165, 1.54) is 0 Å². The molecule has 1 N–H and O–H groups in total. The number of hydrogen-bond donors (Lipinski definition) is 1. The van der Waals surface area contributed by atoms with E-state index in [0.29, 0.717) is 12.2 Å². The molecule has 0 aromatic heterocycles. The van der Waals surface area contributed by atoms with Crippen molar-refractivity contribution >= 4 is 10.0 Å². The van der Waals surface area contributed by atoms with Crippen molar-refractivity contribution in [1.29, 1.82) is 0 Å². The lowest BCUT2D eigenvalue weighted by Gasteiger charge is -2.26. The van der Waals surface area contributed by atoms with Gasteiger partial charge in [0.2, 0.25) is 10.0 Å². The highest BCUT2D eigenvalue weighted by molar-refractivity contribution is 7.89. The van der Waals surface area contributed by atoms with Crippen molar-refractivity contribution in [1.82, 2.24) is 4.72 Å². The van der Waals surface area contributed by atoms with Crippen LogP contribution in [0.15, 0.2) is 53.4 Å². The highest BCUT2D eigenvalue weighted by atomic mass is 32.2. The lowest BCUT2D eigenvalue weighted by atomic mass is 9.96. The van der Waals surface area contributed by atoms with Gasteiger partial charge in [-0.2, -0.15) is 0 Å². The summed E-state index contributed by atoms with van der Waals surface area (Å²) < 4.78 is 33.9. The Labute approximate surface area is 151 Å². The maximum atomic E-state index is 12.9. The fourth-order valence-electron chi connectivity index (χ4n) is 2.90. The molecule has 0 aliphatic carbocycles. The van der Waals surface area contributed by atoms with E-state index in [0.717, 1.165) is 11.1 Å². The highest BCUT2D eigenvalue weighted by Crippen LogP contribution is 2.29. The number of rotatable bonds is 7. The molecule has 0 saturated heterocycles. The van der Waals surface area contributed by atoms with E-state index >= 15 is 0 Å². The number of benzene rings is 2. The van der Waals surface area contributed by atoms with E-state index in [-0.39, 0.29) is 10.8 Å². The number of methoxy groups -OCH3 is 1. The minimum atomic E-state index is -3.62. The van der Waals surface area contributed by atoms with Crippen LogP contribution in [0.5, 0.6) is 5.75 Å².